The summed E-state index contributed by atoms with van der Waals surface area (Å²) in [6.45, 7) is 5.64. The zero-order chi connectivity index (χ0) is 13.3. The molecule has 1 aliphatic rings. The van der Waals surface area contributed by atoms with Crippen LogP contribution in [0.2, 0.25) is 0 Å². The van der Waals surface area contributed by atoms with Crippen molar-refractivity contribution < 1.29 is 19.4 Å². The van der Waals surface area contributed by atoms with Crippen molar-refractivity contribution in [2.45, 2.75) is 38.9 Å². The van der Waals surface area contributed by atoms with Crippen LogP contribution in [0.25, 0.3) is 0 Å². The molecule has 1 heterocycles. The molecule has 1 aromatic rings. The first-order valence-electron chi connectivity index (χ1n) is 6.04. The molecule has 0 aromatic heterocycles. The SMILES string of the molecule is CC(O)COc1ccc2c(c1)OC(C)(C)CC2=O. The molecule has 1 N–H and O–H groups in total. The van der Waals surface area contributed by atoms with E-state index in [9.17, 15) is 4.79 Å². The lowest BCUT2D eigenvalue weighted by atomic mass is 9.93. The standard InChI is InChI=1S/C14H18O4/c1-9(15)8-17-10-4-5-11-12(16)7-14(2,3)18-13(11)6-10/h4-6,9,15H,7-8H2,1-3H3. The summed E-state index contributed by atoms with van der Waals surface area (Å²) < 4.78 is 11.2. The third-order valence-electron chi connectivity index (χ3n) is 2.72. The van der Waals surface area contributed by atoms with Crippen LogP contribution in [0.4, 0.5) is 0 Å². The first kappa shape index (κ1) is 12.9. The highest BCUT2D eigenvalue weighted by atomic mass is 16.5. The maximum atomic E-state index is 11.9. The van der Waals surface area contributed by atoms with Gasteiger partial charge in [0.05, 0.1) is 18.1 Å². The Morgan fingerprint density at radius 1 is 1.50 bits per heavy atom. The van der Waals surface area contributed by atoms with Gasteiger partial charge in [0.25, 0.3) is 0 Å². The fourth-order valence-corrected chi connectivity index (χ4v) is 1.94. The summed E-state index contributed by atoms with van der Waals surface area (Å²) in [4.78, 5) is 11.9. The molecular weight excluding hydrogens is 232 g/mol. The monoisotopic (exact) mass is 250 g/mol. The van der Waals surface area contributed by atoms with Gasteiger partial charge in [-0.2, -0.15) is 0 Å². The maximum Gasteiger partial charge on any atom is 0.170 e. The Kier molecular flexibility index (Phi) is 3.30. The molecule has 1 atom stereocenters. The van der Waals surface area contributed by atoms with Gasteiger partial charge in [-0.3, -0.25) is 4.79 Å². The van der Waals surface area contributed by atoms with E-state index in [0.717, 1.165) is 0 Å². The second-order valence-corrected chi connectivity index (χ2v) is 5.28. The van der Waals surface area contributed by atoms with Gasteiger partial charge in [-0.25, -0.2) is 0 Å². The number of carbonyl (C=O) groups excluding carboxylic acids is 1. The van der Waals surface area contributed by atoms with Gasteiger partial charge in [0.1, 0.15) is 23.7 Å². The van der Waals surface area contributed by atoms with Crippen LogP contribution in [0.5, 0.6) is 11.5 Å². The van der Waals surface area contributed by atoms with Gasteiger partial charge < -0.3 is 14.6 Å². The van der Waals surface area contributed by atoms with E-state index in [0.29, 0.717) is 23.5 Å². The lowest BCUT2D eigenvalue weighted by Crippen LogP contribution is -2.35. The second kappa shape index (κ2) is 4.61. The number of ether oxygens (including phenoxy) is 2. The average molecular weight is 250 g/mol. The summed E-state index contributed by atoms with van der Waals surface area (Å²) in [6, 6.07) is 5.14. The molecule has 0 saturated heterocycles. The third kappa shape index (κ3) is 2.82. The van der Waals surface area contributed by atoms with Crippen LogP contribution in [0.15, 0.2) is 18.2 Å². The molecule has 1 aliphatic heterocycles. The molecule has 98 valence electrons. The van der Waals surface area contributed by atoms with Crippen molar-refractivity contribution in [3.8, 4) is 11.5 Å². The molecule has 0 amide bonds. The topological polar surface area (TPSA) is 55.8 Å². The number of fused-ring (bicyclic) bond motifs is 1. The van der Waals surface area contributed by atoms with Crippen LogP contribution in [-0.2, 0) is 0 Å². The number of hydrogen-bond acceptors (Lipinski definition) is 4. The maximum absolute atomic E-state index is 11.9. The minimum absolute atomic E-state index is 0.0864. The molecule has 4 nitrogen and oxygen atoms in total. The molecular formula is C14H18O4. The minimum atomic E-state index is -0.528. The van der Waals surface area contributed by atoms with Gasteiger partial charge >= 0.3 is 0 Å². The number of carbonyl (C=O) groups is 1. The van der Waals surface area contributed by atoms with E-state index >= 15 is 0 Å². The molecule has 0 spiro atoms. The molecule has 0 saturated carbocycles. The largest absolute Gasteiger partial charge is 0.491 e. The molecule has 0 fully saturated rings. The number of rotatable bonds is 3. The van der Waals surface area contributed by atoms with E-state index in [4.69, 9.17) is 14.6 Å². The zero-order valence-electron chi connectivity index (χ0n) is 10.9. The second-order valence-electron chi connectivity index (χ2n) is 5.28. The van der Waals surface area contributed by atoms with E-state index in [2.05, 4.69) is 0 Å². The highest BCUT2D eigenvalue weighted by Crippen LogP contribution is 2.35. The Morgan fingerprint density at radius 3 is 2.89 bits per heavy atom. The predicted molar refractivity (Wildman–Crippen MR) is 67.3 cm³/mol. The summed E-state index contributed by atoms with van der Waals surface area (Å²) in [5.41, 5.74) is 0.117. The van der Waals surface area contributed by atoms with Crippen molar-refractivity contribution in [2.24, 2.45) is 0 Å². The zero-order valence-corrected chi connectivity index (χ0v) is 10.9. The van der Waals surface area contributed by atoms with Crippen molar-refractivity contribution in [3.05, 3.63) is 23.8 Å². The van der Waals surface area contributed by atoms with Crippen LogP contribution >= 0.6 is 0 Å². The molecule has 0 radical (unpaired) electrons. The number of benzene rings is 1. The third-order valence-corrected chi connectivity index (χ3v) is 2.72. The highest BCUT2D eigenvalue weighted by molar-refractivity contribution is 6.00. The van der Waals surface area contributed by atoms with Crippen molar-refractivity contribution in [1.29, 1.82) is 0 Å². The van der Waals surface area contributed by atoms with E-state index in [1.165, 1.54) is 0 Å². The first-order chi connectivity index (χ1) is 8.37. The van der Waals surface area contributed by atoms with Crippen LogP contribution in [0, 0.1) is 0 Å². The molecule has 1 unspecified atom stereocenters. The van der Waals surface area contributed by atoms with Gasteiger partial charge in [0.15, 0.2) is 5.78 Å². The fourth-order valence-electron chi connectivity index (χ4n) is 1.94. The molecule has 4 heteroatoms. The first-order valence-corrected chi connectivity index (χ1v) is 6.04. The Bertz CT molecular complexity index is 463. The molecule has 18 heavy (non-hydrogen) atoms. The Balaban J connectivity index is 2.23. The van der Waals surface area contributed by atoms with Crippen LogP contribution in [0.1, 0.15) is 37.6 Å². The quantitative estimate of drug-likeness (QED) is 0.893. The van der Waals surface area contributed by atoms with Gasteiger partial charge in [-0.15, -0.1) is 0 Å². The van der Waals surface area contributed by atoms with E-state index < -0.39 is 11.7 Å². The Hall–Kier alpha value is -1.55. The summed E-state index contributed by atoms with van der Waals surface area (Å²) >= 11 is 0. The van der Waals surface area contributed by atoms with Crippen molar-refractivity contribution in [3.63, 3.8) is 0 Å². The number of ketones is 1. The normalized spacial score (nSPS) is 18.8. The van der Waals surface area contributed by atoms with Gasteiger partial charge in [-0.05, 0) is 32.9 Å². The van der Waals surface area contributed by atoms with Crippen molar-refractivity contribution >= 4 is 5.78 Å². The number of Topliss-reactive ketones (excluding diaryl/α,β-unsaturated/α-hetero) is 1. The van der Waals surface area contributed by atoms with Crippen LogP contribution < -0.4 is 9.47 Å². The lowest BCUT2D eigenvalue weighted by molar-refractivity contribution is 0.0616. The molecule has 0 bridgehead atoms. The summed E-state index contributed by atoms with van der Waals surface area (Å²) in [5.74, 6) is 1.24. The number of aliphatic hydroxyl groups excluding tert-OH is 1. The summed E-state index contributed by atoms with van der Waals surface area (Å²) in [6.07, 6.45) is -0.145. The van der Waals surface area contributed by atoms with E-state index in [1.54, 1.807) is 25.1 Å². The van der Waals surface area contributed by atoms with Crippen molar-refractivity contribution in [2.75, 3.05) is 6.61 Å². The Labute approximate surface area is 107 Å². The fraction of sp³-hybridized carbons (Fsp3) is 0.500. The smallest absolute Gasteiger partial charge is 0.170 e. The molecule has 2 rings (SSSR count). The van der Waals surface area contributed by atoms with E-state index in [-0.39, 0.29) is 12.4 Å². The summed E-state index contributed by atoms with van der Waals surface area (Å²) in [5, 5.41) is 9.17. The van der Waals surface area contributed by atoms with Crippen LogP contribution in [0.3, 0.4) is 0 Å². The highest BCUT2D eigenvalue weighted by Gasteiger charge is 2.32. The average Bonchev–Trinajstić information content (AvgIpc) is 2.24. The number of hydrogen-bond donors (Lipinski definition) is 1. The van der Waals surface area contributed by atoms with Gasteiger partial charge in [0.2, 0.25) is 0 Å². The van der Waals surface area contributed by atoms with Gasteiger partial charge in [0, 0.05) is 6.07 Å². The van der Waals surface area contributed by atoms with Crippen LogP contribution in [-0.4, -0.2) is 29.2 Å². The van der Waals surface area contributed by atoms with Crippen molar-refractivity contribution in [1.82, 2.24) is 0 Å². The summed E-state index contributed by atoms with van der Waals surface area (Å²) in [7, 11) is 0. The Morgan fingerprint density at radius 2 is 2.22 bits per heavy atom. The molecule has 0 aliphatic carbocycles. The predicted octanol–water partition coefficient (Wildman–Crippen LogP) is 2.19. The minimum Gasteiger partial charge on any atom is -0.491 e. The van der Waals surface area contributed by atoms with Gasteiger partial charge in [-0.1, -0.05) is 0 Å². The number of aliphatic hydroxyl groups is 1. The molecule has 1 aromatic carbocycles. The van der Waals surface area contributed by atoms with E-state index in [1.807, 2.05) is 13.8 Å². The lowest BCUT2D eigenvalue weighted by Gasteiger charge is -2.31.